The predicted molar refractivity (Wildman–Crippen MR) is 71.9 cm³/mol. The third-order valence-electron chi connectivity index (χ3n) is 2.38. The van der Waals surface area contributed by atoms with Gasteiger partial charge in [-0.05, 0) is 67.1 Å². The molecule has 0 radical (unpaired) electrons. The lowest BCUT2D eigenvalue weighted by Gasteiger charge is -2.14. The van der Waals surface area contributed by atoms with Crippen LogP contribution in [0.2, 0.25) is 0 Å². The van der Waals surface area contributed by atoms with Crippen molar-refractivity contribution in [3.05, 3.63) is 33.4 Å². The molecule has 0 aliphatic carbocycles. The van der Waals surface area contributed by atoms with Crippen LogP contribution in [0.3, 0.4) is 0 Å². The first-order chi connectivity index (χ1) is 7.09. The SMILES string of the molecule is C[C@@H](O)CCN[C@H](C)c1ccc(I)cc1. The van der Waals surface area contributed by atoms with Gasteiger partial charge in [0.05, 0.1) is 6.10 Å². The molecule has 3 heteroatoms. The van der Waals surface area contributed by atoms with Crippen LogP contribution in [0, 0.1) is 3.57 Å². The van der Waals surface area contributed by atoms with Gasteiger partial charge in [0.15, 0.2) is 0 Å². The molecule has 0 aliphatic heterocycles. The molecule has 0 aliphatic rings. The van der Waals surface area contributed by atoms with E-state index in [-0.39, 0.29) is 6.10 Å². The number of hydrogen-bond acceptors (Lipinski definition) is 2. The fraction of sp³-hybridized carbons (Fsp3) is 0.500. The Morgan fingerprint density at radius 3 is 2.40 bits per heavy atom. The lowest BCUT2D eigenvalue weighted by Crippen LogP contribution is -2.22. The monoisotopic (exact) mass is 319 g/mol. The first-order valence-electron chi connectivity index (χ1n) is 5.26. The van der Waals surface area contributed by atoms with E-state index >= 15 is 0 Å². The normalized spacial score (nSPS) is 14.9. The van der Waals surface area contributed by atoms with Crippen LogP contribution in [0.5, 0.6) is 0 Å². The Balaban J connectivity index is 2.40. The highest BCUT2D eigenvalue weighted by atomic mass is 127. The van der Waals surface area contributed by atoms with Crippen LogP contribution in [0.25, 0.3) is 0 Å². The first-order valence-corrected chi connectivity index (χ1v) is 6.34. The summed E-state index contributed by atoms with van der Waals surface area (Å²) in [5.41, 5.74) is 1.29. The second-order valence-electron chi connectivity index (χ2n) is 3.87. The summed E-state index contributed by atoms with van der Waals surface area (Å²) in [6.45, 7) is 4.81. The Kier molecular flexibility index (Phi) is 5.56. The molecule has 0 saturated heterocycles. The van der Waals surface area contributed by atoms with Crippen molar-refractivity contribution in [3.8, 4) is 0 Å². The highest BCUT2D eigenvalue weighted by Gasteiger charge is 2.04. The minimum Gasteiger partial charge on any atom is -0.393 e. The smallest absolute Gasteiger partial charge is 0.0524 e. The van der Waals surface area contributed by atoms with E-state index in [0.717, 1.165) is 13.0 Å². The van der Waals surface area contributed by atoms with Crippen molar-refractivity contribution < 1.29 is 5.11 Å². The van der Waals surface area contributed by atoms with Gasteiger partial charge in [-0.15, -0.1) is 0 Å². The third-order valence-corrected chi connectivity index (χ3v) is 3.10. The Labute approximate surface area is 105 Å². The van der Waals surface area contributed by atoms with Gasteiger partial charge in [0, 0.05) is 9.61 Å². The summed E-state index contributed by atoms with van der Waals surface area (Å²) in [5.74, 6) is 0. The summed E-state index contributed by atoms with van der Waals surface area (Å²) in [4.78, 5) is 0. The molecule has 0 fully saturated rings. The maximum Gasteiger partial charge on any atom is 0.0524 e. The molecule has 0 bridgehead atoms. The molecule has 0 saturated carbocycles. The summed E-state index contributed by atoms with van der Waals surface area (Å²) in [6.07, 6.45) is 0.579. The highest BCUT2D eigenvalue weighted by Crippen LogP contribution is 2.14. The van der Waals surface area contributed by atoms with Gasteiger partial charge < -0.3 is 10.4 Å². The number of nitrogens with one attached hydrogen (secondary N) is 1. The van der Waals surface area contributed by atoms with Crippen LogP contribution in [-0.2, 0) is 0 Å². The second kappa shape index (κ2) is 6.45. The van der Waals surface area contributed by atoms with Crippen molar-refractivity contribution in [2.24, 2.45) is 0 Å². The topological polar surface area (TPSA) is 32.3 Å². The van der Waals surface area contributed by atoms with E-state index in [4.69, 9.17) is 5.11 Å². The van der Waals surface area contributed by atoms with Crippen LogP contribution in [-0.4, -0.2) is 17.8 Å². The second-order valence-corrected chi connectivity index (χ2v) is 5.11. The average Bonchev–Trinajstić information content (AvgIpc) is 2.18. The van der Waals surface area contributed by atoms with Crippen molar-refractivity contribution in [1.29, 1.82) is 0 Å². The summed E-state index contributed by atoms with van der Waals surface area (Å²) in [5, 5.41) is 12.5. The number of aliphatic hydroxyl groups is 1. The van der Waals surface area contributed by atoms with Crippen molar-refractivity contribution in [1.82, 2.24) is 5.32 Å². The number of hydrogen-bond donors (Lipinski definition) is 2. The molecular weight excluding hydrogens is 301 g/mol. The Morgan fingerprint density at radius 1 is 1.27 bits per heavy atom. The van der Waals surface area contributed by atoms with Crippen LogP contribution in [0.15, 0.2) is 24.3 Å². The number of aliphatic hydroxyl groups excluding tert-OH is 1. The Morgan fingerprint density at radius 2 is 1.87 bits per heavy atom. The zero-order valence-corrected chi connectivity index (χ0v) is 11.4. The lowest BCUT2D eigenvalue weighted by atomic mass is 10.1. The molecule has 1 rings (SSSR count). The minimum atomic E-state index is -0.221. The van der Waals surface area contributed by atoms with E-state index in [1.165, 1.54) is 9.13 Å². The van der Waals surface area contributed by atoms with E-state index in [9.17, 15) is 0 Å². The van der Waals surface area contributed by atoms with E-state index in [1.807, 2.05) is 6.92 Å². The molecule has 2 atom stereocenters. The van der Waals surface area contributed by atoms with Crippen molar-refractivity contribution in [3.63, 3.8) is 0 Å². The van der Waals surface area contributed by atoms with Crippen LogP contribution >= 0.6 is 22.6 Å². The largest absolute Gasteiger partial charge is 0.393 e. The van der Waals surface area contributed by atoms with Gasteiger partial charge in [-0.1, -0.05) is 12.1 Å². The molecule has 15 heavy (non-hydrogen) atoms. The molecule has 0 unspecified atom stereocenters. The summed E-state index contributed by atoms with van der Waals surface area (Å²) in [6, 6.07) is 8.86. The summed E-state index contributed by atoms with van der Waals surface area (Å²) >= 11 is 2.30. The number of halogens is 1. The van der Waals surface area contributed by atoms with Gasteiger partial charge >= 0.3 is 0 Å². The fourth-order valence-corrected chi connectivity index (χ4v) is 1.74. The maximum absolute atomic E-state index is 9.13. The summed E-state index contributed by atoms with van der Waals surface area (Å²) < 4.78 is 1.26. The number of rotatable bonds is 5. The van der Waals surface area contributed by atoms with Crippen molar-refractivity contribution >= 4 is 22.6 Å². The van der Waals surface area contributed by atoms with Crippen LogP contribution in [0.4, 0.5) is 0 Å². The molecule has 0 aromatic heterocycles. The molecule has 0 heterocycles. The standard InChI is InChI=1S/C12H18INO/c1-9(15)7-8-14-10(2)11-3-5-12(13)6-4-11/h3-6,9-10,14-15H,7-8H2,1-2H3/t9-,10-/m1/s1. The average molecular weight is 319 g/mol. The van der Waals surface area contributed by atoms with Gasteiger partial charge in [0.1, 0.15) is 0 Å². The van der Waals surface area contributed by atoms with Gasteiger partial charge in [-0.3, -0.25) is 0 Å². The Hall–Kier alpha value is -0.130. The molecule has 2 nitrogen and oxygen atoms in total. The molecule has 84 valence electrons. The van der Waals surface area contributed by atoms with Gasteiger partial charge in [0.25, 0.3) is 0 Å². The van der Waals surface area contributed by atoms with Crippen LogP contribution < -0.4 is 5.32 Å². The number of benzene rings is 1. The third kappa shape index (κ3) is 4.95. The molecule has 2 N–H and O–H groups in total. The fourth-order valence-electron chi connectivity index (χ4n) is 1.38. The van der Waals surface area contributed by atoms with Gasteiger partial charge in [0.2, 0.25) is 0 Å². The van der Waals surface area contributed by atoms with Crippen molar-refractivity contribution in [2.75, 3.05) is 6.54 Å². The van der Waals surface area contributed by atoms with Gasteiger partial charge in [-0.25, -0.2) is 0 Å². The first kappa shape index (κ1) is 12.9. The highest BCUT2D eigenvalue weighted by molar-refractivity contribution is 14.1. The van der Waals surface area contributed by atoms with Crippen molar-refractivity contribution in [2.45, 2.75) is 32.4 Å². The molecule has 0 amide bonds. The van der Waals surface area contributed by atoms with Gasteiger partial charge in [-0.2, -0.15) is 0 Å². The molecule has 0 spiro atoms. The quantitative estimate of drug-likeness (QED) is 0.818. The van der Waals surface area contributed by atoms with E-state index in [1.54, 1.807) is 0 Å². The van der Waals surface area contributed by atoms with Crippen LogP contribution in [0.1, 0.15) is 31.9 Å². The summed E-state index contributed by atoms with van der Waals surface area (Å²) in [7, 11) is 0. The zero-order chi connectivity index (χ0) is 11.3. The predicted octanol–water partition coefficient (Wildman–Crippen LogP) is 2.71. The molecule has 1 aromatic rings. The van der Waals surface area contributed by atoms with E-state index in [2.05, 4.69) is 59.1 Å². The maximum atomic E-state index is 9.13. The Bertz CT molecular complexity index is 284. The van der Waals surface area contributed by atoms with E-state index in [0.29, 0.717) is 6.04 Å². The minimum absolute atomic E-state index is 0.221. The zero-order valence-electron chi connectivity index (χ0n) is 9.20. The molecular formula is C12H18INO. The molecule has 1 aromatic carbocycles. The lowest BCUT2D eigenvalue weighted by molar-refractivity contribution is 0.182. The van der Waals surface area contributed by atoms with E-state index < -0.39 is 0 Å².